The molecule has 3 aromatic rings. The highest BCUT2D eigenvalue weighted by atomic mass is 35.5. The van der Waals surface area contributed by atoms with E-state index in [0.717, 1.165) is 5.56 Å². The molecule has 0 aliphatic heterocycles. The Morgan fingerprint density at radius 2 is 2.11 bits per heavy atom. The minimum Gasteiger partial charge on any atom is -0.383 e. The first kappa shape index (κ1) is 18.6. The number of rotatable bonds is 4. The molecule has 0 spiro atoms. The number of carbonyl (C=O) groups excluding carboxylic acids is 1. The summed E-state index contributed by atoms with van der Waals surface area (Å²) in [4.78, 5) is 44.3. The van der Waals surface area contributed by atoms with Crippen molar-refractivity contribution >= 4 is 28.4 Å². The molecule has 0 amide bonds. The van der Waals surface area contributed by atoms with Crippen LogP contribution in [0.3, 0.4) is 0 Å². The average molecular weight is 400 g/mol. The Balaban J connectivity index is 1.91. The zero-order chi connectivity index (χ0) is 19.8. The molecule has 8 heteroatoms. The number of fused-ring (bicyclic) bond motifs is 3. The van der Waals surface area contributed by atoms with Crippen molar-refractivity contribution in [1.82, 2.24) is 14.5 Å². The van der Waals surface area contributed by atoms with Crippen LogP contribution in [0.4, 0.5) is 0 Å². The molecule has 1 aliphatic carbocycles. The van der Waals surface area contributed by atoms with Crippen molar-refractivity contribution in [3.63, 3.8) is 0 Å². The van der Waals surface area contributed by atoms with Gasteiger partial charge in [0.25, 0.3) is 5.56 Å². The van der Waals surface area contributed by atoms with Gasteiger partial charge in [0.15, 0.2) is 5.78 Å². The molecule has 1 N–H and O–H groups in total. The quantitative estimate of drug-likeness (QED) is 0.726. The fourth-order valence-electron chi connectivity index (χ4n) is 3.80. The third kappa shape index (κ3) is 3.16. The Morgan fingerprint density at radius 3 is 2.86 bits per heavy atom. The highest BCUT2D eigenvalue weighted by Gasteiger charge is 2.30. The van der Waals surface area contributed by atoms with Gasteiger partial charge in [-0.05, 0) is 35.6 Å². The first-order chi connectivity index (χ1) is 13.5. The van der Waals surface area contributed by atoms with Crippen LogP contribution in [0.2, 0.25) is 5.02 Å². The van der Waals surface area contributed by atoms with Crippen molar-refractivity contribution in [3.8, 4) is 0 Å². The van der Waals surface area contributed by atoms with Gasteiger partial charge in [-0.25, -0.2) is 9.78 Å². The maximum atomic E-state index is 12.8. The highest BCUT2D eigenvalue weighted by molar-refractivity contribution is 6.30. The second kappa shape index (κ2) is 7.33. The van der Waals surface area contributed by atoms with Crippen molar-refractivity contribution in [1.29, 1.82) is 0 Å². The summed E-state index contributed by atoms with van der Waals surface area (Å²) >= 11 is 6.11. The minimum atomic E-state index is -0.546. The van der Waals surface area contributed by atoms with Gasteiger partial charge in [0.05, 0.1) is 18.5 Å². The summed E-state index contributed by atoms with van der Waals surface area (Å²) in [6, 6.07) is 7.39. The van der Waals surface area contributed by atoms with Gasteiger partial charge >= 0.3 is 5.69 Å². The lowest BCUT2D eigenvalue weighted by Crippen LogP contribution is -2.33. The Hall–Kier alpha value is -2.77. The maximum Gasteiger partial charge on any atom is 0.330 e. The first-order valence-corrected chi connectivity index (χ1v) is 9.29. The van der Waals surface area contributed by atoms with Crippen LogP contribution < -0.4 is 11.2 Å². The van der Waals surface area contributed by atoms with Gasteiger partial charge in [-0.1, -0.05) is 23.7 Å². The molecule has 4 rings (SSSR count). The van der Waals surface area contributed by atoms with E-state index in [1.807, 2.05) is 18.2 Å². The minimum absolute atomic E-state index is 0.0744. The second-order valence-corrected chi connectivity index (χ2v) is 7.27. The molecule has 1 aliphatic rings. The number of carbonyl (C=O) groups is 1. The standard InChI is InChI=1S/C20H18ClN3O4/c1-28-6-5-24-18-17(19(26)23-20(24)27)14-8-12(9-16(25)15(14)10-22-18)11-3-2-4-13(21)7-11/h2-4,7,10,12H,5-6,8-9H2,1H3,(H,23,26,27)/t12-/m1/s1. The van der Waals surface area contributed by atoms with Gasteiger partial charge in [0, 0.05) is 30.3 Å². The fourth-order valence-corrected chi connectivity index (χ4v) is 3.99. The van der Waals surface area contributed by atoms with Gasteiger partial charge in [0.2, 0.25) is 0 Å². The highest BCUT2D eigenvalue weighted by Crippen LogP contribution is 2.35. The lowest BCUT2D eigenvalue weighted by molar-refractivity contribution is 0.0964. The molecule has 2 heterocycles. The number of halogens is 1. The summed E-state index contributed by atoms with van der Waals surface area (Å²) < 4.78 is 6.42. The van der Waals surface area contributed by atoms with E-state index in [9.17, 15) is 14.4 Å². The third-order valence-corrected chi connectivity index (χ3v) is 5.37. The lowest BCUT2D eigenvalue weighted by atomic mass is 9.79. The molecule has 7 nitrogen and oxygen atoms in total. The summed E-state index contributed by atoms with van der Waals surface area (Å²) in [7, 11) is 1.53. The SMILES string of the molecule is COCCn1c(=O)[nH]c(=O)c2c3c(cnc21)C(=O)C[C@H](c1cccc(Cl)c1)C3. The lowest BCUT2D eigenvalue weighted by Gasteiger charge is -2.25. The number of nitrogens with one attached hydrogen (secondary N) is 1. The van der Waals surface area contributed by atoms with E-state index >= 15 is 0 Å². The van der Waals surface area contributed by atoms with Crippen LogP contribution in [-0.4, -0.2) is 34.0 Å². The Labute approximate surface area is 164 Å². The zero-order valence-electron chi connectivity index (χ0n) is 15.2. The van der Waals surface area contributed by atoms with E-state index in [1.165, 1.54) is 17.9 Å². The summed E-state index contributed by atoms with van der Waals surface area (Å²) in [6.07, 6.45) is 2.28. The molecule has 1 atom stereocenters. The number of aromatic nitrogens is 3. The number of ketones is 1. The van der Waals surface area contributed by atoms with E-state index in [4.69, 9.17) is 16.3 Å². The molecular formula is C20H18ClN3O4. The van der Waals surface area contributed by atoms with Gasteiger partial charge in [-0.3, -0.25) is 19.1 Å². The van der Waals surface area contributed by atoms with E-state index in [1.54, 1.807) is 6.07 Å². The number of nitrogens with zero attached hydrogens (tertiary/aromatic N) is 2. The second-order valence-electron chi connectivity index (χ2n) is 6.84. The number of pyridine rings is 1. The summed E-state index contributed by atoms with van der Waals surface area (Å²) in [6.45, 7) is 0.546. The van der Waals surface area contributed by atoms with Gasteiger partial charge in [-0.15, -0.1) is 0 Å². The molecule has 2 aromatic heterocycles. The first-order valence-electron chi connectivity index (χ1n) is 8.92. The molecule has 0 saturated heterocycles. The van der Waals surface area contributed by atoms with Gasteiger partial charge in [-0.2, -0.15) is 0 Å². The topological polar surface area (TPSA) is 94.1 Å². The van der Waals surface area contributed by atoms with Crippen molar-refractivity contribution in [2.75, 3.05) is 13.7 Å². The van der Waals surface area contributed by atoms with Crippen LogP contribution in [0.15, 0.2) is 40.1 Å². The molecule has 0 radical (unpaired) electrons. The summed E-state index contributed by atoms with van der Waals surface area (Å²) in [5, 5.41) is 0.884. The smallest absolute Gasteiger partial charge is 0.330 e. The predicted molar refractivity (Wildman–Crippen MR) is 105 cm³/mol. The average Bonchev–Trinajstić information content (AvgIpc) is 2.67. The number of hydrogen-bond acceptors (Lipinski definition) is 5. The number of benzene rings is 1. The molecule has 0 saturated carbocycles. The largest absolute Gasteiger partial charge is 0.383 e. The molecule has 0 bridgehead atoms. The molecule has 0 unspecified atom stereocenters. The van der Waals surface area contributed by atoms with Gasteiger partial charge in [0.1, 0.15) is 5.65 Å². The van der Waals surface area contributed by atoms with Crippen molar-refractivity contribution in [2.24, 2.45) is 0 Å². The number of ether oxygens (including phenoxy) is 1. The van der Waals surface area contributed by atoms with E-state index < -0.39 is 11.2 Å². The Bertz CT molecular complexity index is 1200. The molecule has 28 heavy (non-hydrogen) atoms. The summed E-state index contributed by atoms with van der Waals surface area (Å²) in [5.41, 5.74) is 1.20. The van der Waals surface area contributed by atoms with E-state index in [2.05, 4.69) is 9.97 Å². The molecule has 144 valence electrons. The third-order valence-electron chi connectivity index (χ3n) is 5.14. The van der Waals surface area contributed by atoms with Crippen molar-refractivity contribution < 1.29 is 9.53 Å². The fraction of sp³-hybridized carbons (Fsp3) is 0.300. The Kier molecular flexibility index (Phi) is 4.87. The van der Waals surface area contributed by atoms with E-state index in [0.29, 0.717) is 35.6 Å². The molecular weight excluding hydrogens is 382 g/mol. The normalized spacial score (nSPS) is 16.4. The van der Waals surface area contributed by atoms with Gasteiger partial charge < -0.3 is 4.74 Å². The predicted octanol–water partition coefficient (Wildman–Crippen LogP) is 2.30. The van der Waals surface area contributed by atoms with Crippen LogP contribution in [-0.2, 0) is 17.7 Å². The number of methoxy groups -OCH3 is 1. The van der Waals surface area contributed by atoms with Crippen LogP contribution in [0.1, 0.15) is 33.8 Å². The van der Waals surface area contributed by atoms with Crippen molar-refractivity contribution in [2.45, 2.75) is 25.3 Å². The number of Topliss-reactive ketones (excluding diaryl/α,β-unsaturated/α-hetero) is 1. The monoisotopic (exact) mass is 399 g/mol. The molecule has 0 fully saturated rings. The number of aromatic amines is 1. The van der Waals surface area contributed by atoms with Crippen LogP contribution in [0.5, 0.6) is 0 Å². The zero-order valence-corrected chi connectivity index (χ0v) is 16.0. The summed E-state index contributed by atoms with van der Waals surface area (Å²) in [5.74, 6) is -0.169. The van der Waals surface area contributed by atoms with Crippen LogP contribution >= 0.6 is 11.6 Å². The number of hydrogen-bond donors (Lipinski definition) is 1. The van der Waals surface area contributed by atoms with Crippen molar-refractivity contribution in [3.05, 3.63) is 73.0 Å². The van der Waals surface area contributed by atoms with Crippen LogP contribution in [0, 0.1) is 0 Å². The molecule has 1 aromatic carbocycles. The maximum absolute atomic E-state index is 12.8. The van der Waals surface area contributed by atoms with E-state index in [-0.39, 0.29) is 29.3 Å². The van der Waals surface area contributed by atoms with Crippen LogP contribution in [0.25, 0.3) is 11.0 Å². The Morgan fingerprint density at radius 1 is 1.29 bits per heavy atom. The number of H-pyrrole nitrogens is 1.